The van der Waals surface area contributed by atoms with E-state index in [4.69, 9.17) is 4.52 Å². The van der Waals surface area contributed by atoms with Gasteiger partial charge in [-0.2, -0.15) is 0 Å². The van der Waals surface area contributed by atoms with Crippen LogP contribution in [0, 0.1) is 0 Å². The lowest BCUT2D eigenvalue weighted by molar-refractivity contribution is 0.391. The summed E-state index contributed by atoms with van der Waals surface area (Å²) in [7, 11) is 3.68. The topological polar surface area (TPSA) is 84.4 Å². The predicted octanol–water partition coefficient (Wildman–Crippen LogP) is 0.493. The first-order valence-electron chi connectivity index (χ1n) is 6.42. The molecule has 0 aromatic carbocycles. The van der Waals surface area contributed by atoms with Gasteiger partial charge in [-0.25, -0.2) is 0 Å². The van der Waals surface area contributed by atoms with E-state index in [2.05, 4.69) is 32.6 Å². The predicted molar refractivity (Wildman–Crippen MR) is 73.9 cm³/mol. The zero-order chi connectivity index (χ0) is 14.4. The SMILES string of the molecule is CCn1cnnc1CNC(=NC)N(C)Cc1ccon1. The third-order valence-electron chi connectivity index (χ3n) is 2.90. The maximum atomic E-state index is 4.82. The number of guanidine groups is 1. The molecule has 0 saturated carbocycles. The van der Waals surface area contributed by atoms with Gasteiger partial charge in [-0.1, -0.05) is 5.16 Å². The van der Waals surface area contributed by atoms with Crippen LogP contribution in [0.1, 0.15) is 18.4 Å². The molecule has 108 valence electrons. The van der Waals surface area contributed by atoms with Gasteiger partial charge in [0.05, 0.1) is 13.1 Å². The first kappa shape index (κ1) is 14.0. The Kier molecular flexibility index (Phi) is 4.70. The van der Waals surface area contributed by atoms with Crippen molar-refractivity contribution < 1.29 is 4.52 Å². The number of aliphatic imine (C=N–C) groups is 1. The number of nitrogens with zero attached hydrogens (tertiary/aromatic N) is 6. The Morgan fingerprint density at radius 2 is 2.40 bits per heavy atom. The van der Waals surface area contributed by atoms with Gasteiger partial charge in [0.25, 0.3) is 0 Å². The third-order valence-corrected chi connectivity index (χ3v) is 2.90. The molecule has 0 aliphatic heterocycles. The summed E-state index contributed by atoms with van der Waals surface area (Å²) in [6, 6.07) is 1.83. The smallest absolute Gasteiger partial charge is 0.194 e. The van der Waals surface area contributed by atoms with Crippen LogP contribution in [-0.4, -0.2) is 44.9 Å². The maximum Gasteiger partial charge on any atom is 0.194 e. The van der Waals surface area contributed by atoms with Gasteiger partial charge in [-0.05, 0) is 6.92 Å². The van der Waals surface area contributed by atoms with E-state index in [-0.39, 0.29) is 0 Å². The second kappa shape index (κ2) is 6.69. The summed E-state index contributed by atoms with van der Waals surface area (Å²) in [5.41, 5.74) is 0.854. The largest absolute Gasteiger partial charge is 0.364 e. The minimum atomic E-state index is 0.573. The second-order valence-electron chi connectivity index (χ2n) is 4.28. The molecule has 20 heavy (non-hydrogen) atoms. The third kappa shape index (κ3) is 3.34. The van der Waals surface area contributed by atoms with E-state index >= 15 is 0 Å². The molecule has 0 atom stereocenters. The van der Waals surface area contributed by atoms with Gasteiger partial charge in [-0.15, -0.1) is 10.2 Å². The first-order valence-corrected chi connectivity index (χ1v) is 6.42. The van der Waals surface area contributed by atoms with Crippen LogP contribution in [0.3, 0.4) is 0 Å². The summed E-state index contributed by atoms with van der Waals surface area (Å²) >= 11 is 0. The monoisotopic (exact) mass is 277 g/mol. The van der Waals surface area contributed by atoms with Gasteiger partial charge in [0.1, 0.15) is 18.3 Å². The summed E-state index contributed by atoms with van der Waals surface area (Å²) in [6.07, 6.45) is 3.28. The molecule has 0 saturated heterocycles. The van der Waals surface area contributed by atoms with Gasteiger partial charge in [-0.3, -0.25) is 4.99 Å². The molecule has 2 aromatic rings. The van der Waals surface area contributed by atoms with Crippen LogP contribution in [0.5, 0.6) is 0 Å². The maximum absolute atomic E-state index is 4.82. The van der Waals surface area contributed by atoms with Crippen molar-refractivity contribution in [1.29, 1.82) is 0 Å². The Morgan fingerprint density at radius 3 is 3.05 bits per heavy atom. The van der Waals surface area contributed by atoms with Gasteiger partial charge >= 0.3 is 0 Å². The van der Waals surface area contributed by atoms with Crippen molar-refractivity contribution in [1.82, 2.24) is 30.1 Å². The van der Waals surface area contributed by atoms with Gasteiger partial charge < -0.3 is 19.3 Å². The molecule has 2 aromatic heterocycles. The highest BCUT2D eigenvalue weighted by Crippen LogP contribution is 2.01. The van der Waals surface area contributed by atoms with Crippen molar-refractivity contribution >= 4 is 5.96 Å². The molecular weight excluding hydrogens is 258 g/mol. The number of nitrogens with one attached hydrogen (secondary N) is 1. The van der Waals surface area contributed by atoms with Gasteiger partial charge in [0.15, 0.2) is 11.8 Å². The molecule has 0 unspecified atom stereocenters. The Labute approximate surface area is 117 Å². The van der Waals surface area contributed by atoms with Crippen molar-refractivity contribution in [3.8, 4) is 0 Å². The zero-order valence-electron chi connectivity index (χ0n) is 11.9. The molecule has 1 N–H and O–H groups in total. The van der Waals surface area contributed by atoms with E-state index in [9.17, 15) is 0 Å². The standard InChI is InChI=1S/C12H19N7O/c1-4-19-9-15-16-11(19)7-14-12(13-2)18(3)8-10-5-6-20-17-10/h5-6,9H,4,7-8H2,1-3H3,(H,13,14). The Morgan fingerprint density at radius 1 is 1.55 bits per heavy atom. The van der Waals surface area contributed by atoms with E-state index in [0.29, 0.717) is 13.1 Å². The summed E-state index contributed by atoms with van der Waals surface area (Å²) in [5, 5.41) is 15.1. The fourth-order valence-corrected chi connectivity index (χ4v) is 1.86. The molecule has 0 amide bonds. The fraction of sp³-hybridized carbons (Fsp3) is 0.500. The van der Waals surface area contributed by atoms with Crippen molar-refractivity contribution in [2.45, 2.75) is 26.6 Å². The molecule has 0 bridgehead atoms. The van der Waals surface area contributed by atoms with Gasteiger partial charge in [0.2, 0.25) is 0 Å². The molecule has 0 aliphatic carbocycles. The first-order chi connectivity index (χ1) is 9.74. The fourth-order valence-electron chi connectivity index (χ4n) is 1.86. The molecular formula is C12H19N7O. The highest BCUT2D eigenvalue weighted by atomic mass is 16.5. The highest BCUT2D eigenvalue weighted by Gasteiger charge is 2.10. The number of hydrogen-bond acceptors (Lipinski definition) is 5. The lowest BCUT2D eigenvalue weighted by Crippen LogP contribution is -2.38. The number of rotatable bonds is 5. The lowest BCUT2D eigenvalue weighted by Gasteiger charge is -2.20. The molecule has 0 fully saturated rings. The van der Waals surface area contributed by atoms with Crippen LogP contribution in [0.4, 0.5) is 0 Å². The minimum Gasteiger partial charge on any atom is -0.364 e. The van der Waals surface area contributed by atoms with Crippen molar-refractivity contribution in [2.75, 3.05) is 14.1 Å². The van der Waals surface area contributed by atoms with Crippen molar-refractivity contribution in [2.24, 2.45) is 4.99 Å². The van der Waals surface area contributed by atoms with E-state index < -0.39 is 0 Å². The number of aromatic nitrogens is 4. The lowest BCUT2D eigenvalue weighted by atomic mass is 10.4. The molecule has 2 rings (SSSR count). The number of aryl methyl sites for hydroxylation is 1. The minimum absolute atomic E-state index is 0.573. The van der Waals surface area contributed by atoms with Crippen molar-refractivity contribution in [3.63, 3.8) is 0 Å². The van der Waals surface area contributed by atoms with Crippen LogP contribution in [0.25, 0.3) is 0 Å². The van der Waals surface area contributed by atoms with Crippen LogP contribution in [-0.2, 0) is 19.6 Å². The highest BCUT2D eigenvalue weighted by molar-refractivity contribution is 5.79. The van der Waals surface area contributed by atoms with Crippen LogP contribution >= 0.6 is 0 Å². The average molecular weight is 277 g/mol. The summed E-state index contributed by atoms with van der Waals surface area (Å²) in [4.78, 5) is 6.20. The molecule has 8 nitrogen and oxygen atoms in total. The second-order valence-corrected chi connectivity index (χ2v) is 4.28. The van der Waals surface area contributed by atoms with E-state index in [1.165, 1.54) is 0 Å². The van der Waals surface area contributed by atoms with Crippen LogP contribution in [0.2, 0.25) is 0 Å². The Hall–Kier alpha value is -2.38. The van der Waals surface area contributed by atoms with E-state index in [0.717, 1.165) is 24.0 Å². The quantitative estimate of drug-likeness (QED) is 0.632. The molecule has 0 radical (unpaired) electrons. The normalized spacial score (nSPS) is 11.7. The summed E-state index contributed by atoms with van der Waals surface area (Å²) in [5.74, 6) is 1.64. The average Bonchev–Trinajstić information content (AvgIpc) is 3.10. The van der Waals surface area contributed by atoms with Crippen LogP contribution < -0.4 is 5.32 Å². The number of hydrogen-bond donors (Lipinski definition) is 1. The summed E-state index contributed by atoms with van der Waals surface area (Å²) in [6.45, 7) is 4.09. The summed E-state index contributed by atoms with van der Waals surface area (Å²) < 4.78 is 6.80. The zero-order valence-corrected chi connectivity index (χ0v) is 11.9. The van der Waals surface area contributed by atoms with Crippen molar-refractivity contribution in [3.05, 3.63) is 30.2 Å². The molecule has 0 spiro atoms. The van der Waals surface area contributed by atoms with Crippen LogP contribution in [0.15, 0.2) is 28.2 Å². The Balaban J connectivity index is 1.92. The molecule has 0 aliphatic rings. The molecule has 8 heteroatoms. The van der Waals surface area contributed by atoms with Gasteiger partial charge in [0, 0.05) is 26.7 Å². The Bertz CT molecular complexity index is 546. The van der Waals surface area contributed by atoms with E-state index in [1.54, 1.807) is 19.6 Å². The van der Waals surface area contributed by atoms with E-state index in [1.807, 2.05) is 22.6 Å². The molecule has 2 heterocycles.